The Labute approximate surface area is 209 Å². The van der Waals surface area contributed by atoms with Crippen LogP contribution in [0.15, 0.2) is 48.5 Å². The van der Waals surface area contributed by atoms with Crippen LogP contribution in [0.1, 0.15) is 49.1 Å². The number of nitrogens with zero attached hydrogens (tertiary/aromatic N) is 2. The van der Waals surface area contributed by atoms with Crippen molar-refractivity contribution in [2.24, 2.45) is 11.8 Å². The minimum atomic E-state index is -1.05. The number of hydrogen-bond donors (Lipinski definition) is 3. The van der Waals surface area contributed by atoms with Gasteiger partial charge in [-0.1, -0.05) is 30.3 Å². The van der Waals surface area contributed by atoms with Crippen LogP contribution in [0, 0.1) is 29.0 Å². The number of likely N-dealkylation sites (tertiary alicyclic amines) is 1. The Morgan fingerprint density at radius 1 is 1.06 bits per heavy atom. The number of amides is 3. The number of carboxylic acid groups (broad SMARTS) is 1. The van der Waals surface area contributed by atoms with Crippen molar-refractivity contribution < 1.29 is 23.9 Å². The third kappa shape index (κ3) is 5.65. The van der Waals surface area contributed by atoms with E-state index < -0.39 is 23.9 Å². The van der Waals surface area contributed by atoms with Crippen LogP contribution in [-0.4, -0.2) is 47.0 Å². The highest BCUT2D eigenvalue weighted by Crippen LogP contribution is 2.38. The van der Waals surface area contributed by atoms with E-state index in [2.05, 4.69) is 10.6 Å². The highest BCUT2D eigenvalue weighted by Gasteiger charge is 2.44. The fraction of sp³-hybridized carbons (Fsp3) is 0.407. The molecular weight excluding hydrogens is 463 g/mol. The lowest BCUT2D eigenvalue weighted by molar-refractivity contribution is -0.141. The van der Waals surface area contributed by atoms with Crippen molar-refractivity contribution in [1.82, 2.24) is 10.2 Å². The first-order valence-corrected chi connectivity index (χ1v) is 12.2. The Bertz CT molecular complexity index is 1160. The molecule has 2 atom stereocenters. The van der Waals surface area contributed by atoms with Gasteiger partial charge >= 0.3 is 6.09 Å². The van der Waals surface area contributed by atoms with Gasteiger partial charge in [0.1, 0.15) is 17.9 Å². The second kappa shape index (κ2) is 11.2. The molecule has 0 spiro atoms. The van der Waals surface area contributed by atoms with E-state index in [1.807, 2.05) is 30.3 Å². The van der Waals surface area contributed by atoms with Crippen molar-refractivity contribution in [3.8, 4) is 6.07 Å². The normalized spacial score (nSPS) is 23.5. The molecule has 0 unspecified atom stereocenters. The molecule has 3 N–H and O–H groups in total. The standard InChI is InChI=1S/C27H29FN4O4/c28-23-14-21(11-10-20(23)15-29)31-25(33)24-22(18-4-2-1-3-5-18)12-13-32(24)26(34)19-8-6-17(7-9-19)16-30-27(35)36/h1-5,10-11,14,17,19,22,24,30H,6-9,12-13,16H2,(H,31,33)(H,35,36)/t17-,19-,22-,24-/m1/s1. The van der Waals surface area contributed by atoms with E-state index in [4.69, 9.17) is 10.4 Å². The SMILES string of the molecule is N#Cc1ccc(NC(=O)[C@H]2[C@@H](c3ccccc3)CCN2C(=O)[C@H]2CC[C@H](CNC(=O)O)CC2)cc1F. The average molecular weight is 493 g/mol. The lowest BCUT2D eigenvalue weighted by Gasteiger charge is -2.33. The third-order valence-electron chi connectivity index (χ3n) is 7.27. The molecule has 2 fully saturated rings. The molecule has 4 rings (SSSR count). The summed E-state index contributed by atoms with van der Waals surface area (Å²) in [5.41, 5.74) is 1.08. The number of halogens is 1. The number of nitrogens with one attached hydrogen (secondary N) is 2. The summed E-state index contributed by atoms with van der Waals surface area (Å²) in [6.07, 6.45) is 2.36. The summed E-state index contributed by atoms with van der Waals surface area (Å²) in [6.45, 7) is 0.820. The predicted octanol–water partition coefficient (Wildman–Crippen LogP) is 4.09. The molecule has 8 nitrogen and oxygen atoms in total. The zero-order chi connectivity index (χ0) is 25.7. The highest BCUT2D eigenvalue weighted by molar-refractivity contribution is 5.98. The summed E-state index contributed by atoms with van der Waals surface area (Å²) in [5.74, 6) is -1.39. The topological polar surface area (TPSA) is 123 Å². The zero-order valence-corrected chi connectivity index (χ0v) is 19.8. The number of carbonyl (C=O) groups excluding carboxylic acids is 2. The maximum Gasteiger partial charge on any atom is 0.404 e. The number of nitriles is 1. The van der Waals surface area contributed by atoms with Crippen molar-refractivity contribution in [3.63, 3.8) is 0 Å². The quantitative estimate of drug-likeness (QED) is 0.561. The van der Waals surface area contributed by atoms with Crippen LogP contribution < -0.4 is 10.6 Å². The van der Waals surface area contributed by atoms with Gasteiger partial charge in [-0.05, 0) is 61.8 Å². The van der Waals surface area contributed by atoms with Crippen LogP contribution in [0.2, 0.25) is 0 Å². The van der Waals surface area contributed by atoms with Gasteiger partial charge in [-0.2, -0.15) is 5.26 Å². The third-order valence-corrected chi connectivity index (χ3v) is 7.27. The molecule has 2 aromatic rings. The molecule has 36 heavy (non-hydrogen) atoms. The average Bonchev–Trinajstić information content (AvgIpc) is 3.33. The van der Waals surface area contributed by atoms with Crippen LogP contribution in [0.4, 0.5) is 14.9 Å². The van der Waals surface area contributed by atoms with E-state index in [9.17, 15) is 18.8 Å². The van der Waals surface area contributed by atoms with Crippen LogP contribution in [0.25, 0.3) is 0 Å². The fourth-order valence-electron chi connectivity index (χ4n) is 5.39. The van der Waals surface area contributed by atoms with E-state index in [0.29, 0.717) is 32.4 Å². The van der Waals surface area contributed by atoms with Crippen molar-refractivity contribution in [3.05, 3.63) is 65.5 Å². The van der Waals surface area contributed by atoms with Gasteiger partial charge in [0.2, 0.25) is 11.8 Å². The van der Waals surface area contributed by atoms with E-state index >= 15 is 0 Å². The molecule has 2 aromatic carbocycles. The van der Waals surface area contributed by atoms with E-state index in [1.165, 1.54) is 12.1 Å². The first-order chi connectivity index (χ1) is 17.4. The maximum absolute atomic E-state index is 14.1. The molecule has 1 aliphatic heterocycles. The Balaban J connectivity index is 1.51. The van der Waals surface area contributed by atoms with Crippen molar-refractivity contribution in [2.45, 2.75) is 44.1 Å². The molecule has 1 saturated heterocycles. The second-order valence-electron chi connectivity index (χ2n) is 9.48. The van der Waals surface area contributed by atoms with Crippen LogP contribution >= 0.6 is 0 Å². The van der Waals surface area contributed by atoms with Crippen molar-refractivity contribution >= 4 is 23.6 Å². The van der Waals surface area contributed by atoms with Gasteiger partial charge in [-0.25, -0.2) is 9.18 Å². The Morgan fingerprint density at radius 3 is 2.42 bits per heavy atom. The Morgan fingerprint density at radius 2 is 1.78 bits per heavy atom. The molecule has 9 heteroatoms. The summed E-state index contributed by atoms with van der Waals surface area (Å²) in [4.78, 5) is 39.5. The second-order valence-corrected chi connectivity index (χ2v) is 9.48. The largest absolute Gasteiger partial charge is 0.465 e. The van der Waals surface area contributed by atoms with Gasteiger partial charge in [0, 0.05) is 30.6 Å². The van der Waals surface area contributed by atoms with Gasteiger partial charge in [-0.3, -0.25) is 9.59 Å². The maximum atomic E-state index is 14.1. The fourth-order valence-corrected chi connectivity index (χ4v) is 5.39. The van der Waals surface area contributed by atoms with Gasteiger partial charge in [-0.15, -0.1) is 0 Å². The number of carbonyl (C=O) groups is 3. The molecule has 1 heterocycles. The molecule has 2 aliphatic rings. The summed E-state index contributed by atoms with van der Waals surface area (Å²) >= 11 is 0. The lowest BCUT2D eigenvalue weighted by atomic mass is 9.81. The number of anilines is 1. The summed E-state index contributed by atoms with van der Waals surface area (Å²) in [6, 6.07) is 14.5. The number of benzene rings is 2. The van der Waals surface area contributed by atoms with Crippen molar-refractivity contribution in [2.75, 3.05) is 18.4 Å². The van der Waals surface area contributed by atoms with E-state index in [0.717, 1.165) is 24.5 Å². The zero-order valence-electron chi connectivity index (χ0n) is 19.8. The van der Waals surface area contributed by atoms with Crippen LogP contribution in [-0.2, 0) is 9.59 Å². The minimum Gasteiger partial charge on any atom is -0.465 e. The smallest absolute Gasteiger partial charge is 0.404 e. The predicted molar refractivity (Wildman–Crippen MR) is 131 cm³/mol. The monoisotopic (exact) mass is 492 g/mol. The number of rotatable bonds is 6. The molecule has 1 saturated carbocycles. The first kappa shape index (κ1) is 25.2. The molecular formula is C27H29FN4O4. The Hall–Kier alpha value is -3.93. The van der Waals surface area contributed by atoms with Gasteiger partial charge in [0.05, 0.1) is 5.56 Å². The van der Waals surface area contributed by atoms with Crippen molar-refractivity contribution in [1.29, 1.82) is 5.26 Å². The summed E-state index contributed by atoms with van der Waals surface area (Å²) in [5, 5.41) is 23.0. The number of hydrogen-bond acceptors (Lipinski definition) is 4. The molecule has 0 radical (unpaired) electrons. The van der Waals surface area contributed by atoms with Crippen LogP contribution in [0.5, 0.6) is 0 Å². The van der Waals surface area contributed by atoms with Gasteiger partial charge in [0.25, 0.3) is 0 Å². The minimum absolute atomic E-state index is 0.0655. The molecule has 3 amide bonds. The van der Waals surface area contributed by atoms with Gasteiger partial charge < -0.3 is 20.6 Å². The first-order valence-electron chi connectivity index (χ1n) is 12.2. The van der Waals surface area contributed by atoms with Gasteiger partial charge in [0.15, 0.2) is 0 Å². The summed E-state index contributed by atoms with van der Waals surface area (Å²) < 4.78 is 14.1. The van der Waals surface area contributed by atoms with E-state index in [1.54, 1.807) is 11.0 Å². The molecule has 1 aliphatic carbocycles. The highest BCUT2D eigenvalue weighted by atomic mass is 19.1. The molecule has 188 valence electrons. The Kier molecular flexibility index (Phi) is 7.84. The molecule has 0 bridgehead atoms. The summed E-state index contributed by atoms with van der Waals surface area (Å²) in [7, 11) is 0. The molecule has 0 aromatic heterocycles. The lowest BCUT2D eigenvalue weighted by Crippen LogP contribution is -2.48. The van der Waals surface area contributed by atoms with E-state index in [-0.39, 0.29) is 34.9 Å². The van der Waals surface area contributed by atoms with Crippen LogP contribution in [0.3, 0.4) is 0 Å².